The second-order valence-electron chi connectivity index (χ2n) is 3.09. The van der Waals surface area contributed by atoms with Crippen LogP contribution in [0, 0.1) is 0 Å². The maximum Gasteiger partial charge on any atom is 0.144 e. The summed E-state index contributed by atoms with van der Waals surface area (Å²) >= 11 is 0. The predicted molar refractivity (Wildman–Crippen MR) is 50.8 cm³/mol. The number of hydrogen-bond acceptors (Lipinski definition) is 3. The van der Waals surface area contributed by atoms with Crippen LogP contribution >= 0.6 is 0 Å². The topological polar surface area (TPSA) is 61.3 Å². The number of rotatable bonds is 0. The molecule has 4 N–H and O–H groups in total. The SMILES string of the molecule is NC(N)=C1CCc2ccccc2O1. The lowest BCUT2D eigenvalue weighted by Gasteiger charge is -2.19. The van der Waals surface area contributed by atoms with Gasteiger partial charge in [-0.25, -0.2) is 0 Å². The fourth-order valence-electron chi connectivity index (χ4n) is 1.45. The average Bonchev–Trinajstić information content (AvgIpc) is 2.17. The van der Waals surface area contributed by atoms with E-state index in [1.807, 2.05) is 18.2 Å². The molecule has 0 amide bonds. The lowest BCUT2D eigenvalue weighted by molar-refractivity contribution is 0.370. The van der Waals surface area contributed by atoms with E-state index < -0.39 is 0 Å². The van der Waals surface area contributed by atoms with Crippen LogP contribution in [-0.4, -0.2) is 0 Å². The lowest BCUT2D eigenvalue weighted by atomic mass is 10.1. The maximum atomic E-state index is 5.52. The van der Waals surface area contributed by atoms with Crippen LogP contribution in [-0.2, 0) is 6.42 Å². The monoisotopic (exact) mass is 176 g/mol. The zero-order chi connectivity index (χ0) is 9.26. The zero-order valence-electron chi connectivity index (χ0n) is 7.29. The normalized spacial score (nSPS) is 14.6. The van der Waals surface area contributed by atoms with Crippen LogP contribution in [0.2, 0.25) is 0 Å². The predicted octanol–water partition coefficient (Wildman–Crippen LogP) is 1.10. The van der Waals surface area contributed by atoms with Gasteiger partial charge in [0, 0.05) is 6.42 Å². The third kappa shape index (κ3) is 1.45. The molecule has 0 saturated carbocycles. The van der Waals surface area contributed by atoms with Gasteiger partial charge in [0.15, 0.2) is 0 Å². The number of benzene rings is 1. The molecule has 3 nitrogen and oxygen atoms in total. The van der Waals surface area contributed by atoms with Crippen LogP contribution < -0.4 is 16.2 Å². The number of para-hydroxylation sites is 1. The first-order valence-electron chi connectivity index (χ1n) is 4.27. The summed E-state index contributed by atoms with van der Waals surface area (Å²) in [6.45, 7) is 0. The first-order valence-corrected chi connectivity index (χ1v) is 4.27. The summed E-state index contributed by atoms with van der Waals surface area (Å²) in [6.07, 6.45) is 1.74. The van der Waals surface area contributed by atoms with Gasteiger partial charge in [0.2, 0.25) is 0 Å². The number of nitrogens with two attached hydrogens (primary N) is 2. The molecule has 0 aliphatic carbocycles. The van der Waals surface area contributed by atoms with Crippen LogP contribution in [0.15, 0.2) is 35.8 Å². The molecule has 0 aromatic heterocycles. The smallest absolute Gasteiger partial charge is 0.144 e. The molecule has 1 aromatic rings. The Morgan fingerprint density at radius 3 is 2.69 bits per heavy atom. The van der Waals surface area contributed by atoms with Crippen LogP contribution in [0.1, 0.15) is 12.0 Å². The van der Waals surface area contributed by atoms with Crippen molar-refractivity contribution in [1.29, 1.82) is 0 Å². The van der Waals surface area contributed by atoms with Crippen molar-refractivity contribution in [2.75, 3.05) is 0 Å². The van der Waals surface area contributed by atoms with Gasteiger partial charge in [-0.15, -0.1) is 0 Å². The average molecular weight is 176 g/mol. The quantitative estimate of drug-likeness (QED) is 0.622. The van der Waals surface area contributed by atoms with Crippen molar-refractivity contribution in [3.63, 3.8) is 0 Å². The van der Waals surface area contributed by atoms with Crippen LogP contribution in [0.4, 0.5) is 0 Å². The minimum absolute atomic E-state index is 0.287. The summed E-state index contributed by atoms with van der Waals surface area (Å²) in [4.78, 5) is 0. The Kier molecular flexibility index (Phi) is 1.85. The third-order valence-electron chi connectivity index (χ3n) is 2.15. The third-order valence-corrected chi connectivity index (χ3v) is 2.15. The van der Waals surface area contributed by atoms with Crippen molar-refractivity contribution in [3.05, 3.63) is 41.4 Å². The molecule has 0 bridgehead atoms. The van der Waals surface area contributed by atoms with Gasteiger partial charge in [0.05, 0.1) is 0 Å². The molecule has 68 valence electrons. The van der Waals surface area contributed by atoms with Gasteiger partial charge in [0.25, 0.3) is 0 Å². The van der Waals surface area contributed by atoms with Crippen molar-refractivity contribution in [2.24, 2.45) is 11.5 Å². The van der Waals surface area contributed by atoms with Crippen molar-refractivity contribution in [2.45, 2.75) is 12.8 Å². The molecule has 1 aromatic carbocycles. The summed E-state index contributed by atoms with van der Waals surface area (Å²) < 4.78 is 5.52. The lowest BCUT2D eigenvalue weighted by Crippen LogP contribution is -2.18. The van der Waals surface area contributed by atoms with Crippen LogP contribution in [0.25, 0.3) is 0 Å². The van der Waals surface area contributed by atoms with Gasteiger partial charge in [-0.1, -0.05) is 18.2 Å². The molecule has 1 heterocycles. The van der Waals surface area contributed by atoms with Gasteiger partial charge in [0.1, 0.15) is 17.3 Å². The van der Waals surface area contributed by atoms with E-state index in [9.17, 15) is 0 Å². The second-order valence-corrected chi connectivity index (χ2v) is 3.09. The number of fused-ring (bicyclic) bond motifs is 1. The van der Waals surface area contributed by atoms with E-state index >= 15 is 0 Å². The molecule has 0 atom stereocenters. The number of allylic oxidation sites excluding steroid dienone is 1. The fourth-order valence-corrected chi connectivity index (χ4v) is 1.45. The van der Waals surface area contributed by atoms with E-state index in [4.69, 9.17) is 16.2 Å². The Bertz CT molecular complexity index is 354. The molecule has 0 spiro atoms. The van der Waals surface area contributed by atoms with Crippen molar-refractivity contribution in [1.82, 2.24) is 0 Å². The molecule has 0 unspecified atom stereocenters. The van der Waals surface area contributed by atoms with Gasteiger partial charge in [-0.2, -0.15) is 0 Å². The molecular weight excluding hydrogens is 164 g/mol. The number of hydrogen-bond donors (Lipinski definition) is 2. The van der Waals surface area contributed by atoms with E-state index in [1.165, 1.54) is 5.56 Å². The van der Waals surface area contributed by atoms with E-state index in [0.717, 1.165) is 18.6 Å². The van der Waals surface area contributed by atoms with E-state index in [2.05, 4.69) is 6.07 Å². The first-order chi connectivity index (χ1) is 6.27. The van der Waals surface area contributed by atoms with Gasteiger partial charge in [-0.05, 0) is 18.1 Å². The first kappa shape index (κ1) is 7.98. The Morgan fingerprint density at radius 1 is 1.15 bits per heavy atom. The zero-order valence-corrected chi connectivity index (χ0v) is 7.29. The molecule has 1 aliphatic rings. The summed E-state index contributed by atoms with van der Waals surface area (Å²) in [7, 11) is 0. The molecular formula is C10H12N2O. The summed E-state index contributed by atoms with van der Waals surface area (Å²) in [5, 5.41) is 0. The molecule has 0 saturated heterocycles. The summed E-state index contributed by atoms with van der Waals surface area (Å²) in [6, 6.07) is 7.92. The largest absolute Gasteiger partial charge is 0.458 e. The Morgan fingerprint density at radius 2 is 1.92 bits per heavy atom. The highest BCUT2D eigenvalue weighted by Crippen LogP contribution is 2.28. The van der Waals surface area contributed by atoms with E-state index in [0.29, 0.717) is 5.76 Å². The number of ether oxygens (including phenoxy) is 1. The highest BCUT2D eigenvalue weighted by Gasteiger charge is 2.14. The Hall–Kier alpha value is -1.64. The molecule has 0 radical (unpaired) electrons. The minimum atomic E-state index is 0.287. The van der Waals surface area contributed by atoms with Crippen LogP contribution in [0.5, 0.6) is 5.75 Å². The van der Waals surface area contributed by atoms with Crippen molar-refractivity contribution >= 4 is 0 Å². The molecule has 3 heteroatoms. The van der Waals surface area contributed by atoms with Crippen LogP contribution in [0.3, 0.4) is 0 Å². The Labute approximate surface area is 77.0 Å². The van der Waals surface area contributed by atoms with Gasteiger partial charge in [-0.3, -0.25) is 0 Å². The van der Waals surface area contributed by atoms with E-state index in [-0.39, 0.29) is 5.82 Å². The Balaban J connectivity index is 2.35. The highest BCUT2D eigenvalue weighted by molar-refractivity contribution is 5.37. The van der Waals surface area contributed by atoms with Crippen molar-refractivity contribution < 1.29 is 4.74 Å². The molecule has 0 fully saturated rings. The summed E-state index contributed by atoms with van der Waals surface area (Å²) in [5.41, 5.74) is 12.1. The highest BCUT2D eigenvalue weighted by atomic mass is 16.5. The number of aryl methyl sites for hydroxylation is 1. The van der Waals surface area contributed by atoms with Gasteiger partial charge >= 0.3 is 0 Å². The standard InChI is InChI=1S/C10H12N2O/c11-10(12)9-6-5-7-3-1-2-4-8(7)13-9/h1-4H,5-6,11-12H2. The second kappa shape index (κ2) is 3.01. The van der Waals surface area contributed by atoms with Crippen molar-refractivity contribution in [3.8, 4) is 5.75 Å². The molecule has 13 heavy (non-hydrogen) atoms. The maximum absolute atomic E-state index is 5.52. The van der Waals surface area contributed by atoms with Gasteiger partial charge < -0.3 is 16.2 Å². The summed E-state index contributed by atoms with van der Waals surface area (Å²) in [5.74, 6) is 1.85. The molecule has 2 rings (SSSR count). The fraction of sp³-hybridized carbons (Fsp3) is 0.200. The molecule has 1 aliphatic heterocycles. The minimum Gasteiger partial charge on any atom is -0.458 e. The van der Waals surface area contributed by atoms with E-state index in [1.54, 1.807) is 0 Å².